The molecule has 1 aromatic carbocycles. The van der Waals surface area contributed by atoms with Crippen LogP contribution in [0.2, 0.25) is 0 Å². The Hall–Kier alpha value is -1.00. The Kier molecular flexibility index (Phi) is 7.26. The summed E-state index contributed by atoms with van der Waals surface area (Å²) in [5.74, 6) is 0.0414. The van der Waals surface area contributed by atoms with Crippen molar-refractivity contribution in [3.05, 3.63) is 29.8 Å². The SMILES string of the molecule is CC(C)Sc1ccc(C(=O)NCCCN2CCCCC2)cc1. The van der Waals surface area contributed by atoms with Crippen molar-refractivity contribution in [2.75, 3.05) is 26.2 Å². The van der Waals surface area contributed by atoms with Crippen molar-refractivity contribution in [1.29, 1.82) is 0 Å². The molecular formula is C18H28N2OS. The number of carbonyl (C=O) groups excluding carboxylic acids is 1. The van der Waals surface area contributed by atoms with Crippen molar-refractivity contribution in [1.82, 2.24) is 10.2 Å². The third-order valence-electron chi connectivity index (χ3n) is 3.87. The van der Waals surface area contributed by atoms with E-state index in [4.69, 9.17) is 0 Å². The topological polar surface area (TPSA) is 32.3 Å². The van der Waals surface area contributed by atoms with E-state index in [2.05, 4.69) is 24.1 Å². The van der Waals surface area contributed by atoms with Gasteiger partial charge in [0, 0.05) is 22.3 Å². The summed E-state index contributed by atoms with van der Waals surface area (Å²) >= 11 is 1.82. The van der Waals surface area contributed by atoms with Crippen LogP contribution in [0, 0.1) is 0 Å². The number of hydrogen-bond acceptors (Lipinski definition) is 3. The van der Waals surface area contributed by atoms with Gasteiger partial charge >= 0.3 is 0 Å². The van der Waals surface area contributed by atoms with Crippen LogP contribution in [0.5, 0.6) is 0 Å². The van der Waals surface area contributed by atoms with E-state index in [1.165, 1.54) is 37.2 Å². The van der Waals surface area contributed by atoms with Gasteiger partial charge in [-0.05, 0) is 63.2 Å². The molecule has 0 atom stereocenters. The average molecular weight is 321 g/mol. The first-order chi connectivity index (χ1) is 10.6. The van der Waals surface area contributed by atoms with Gasteiger partial charge in [-0.15, -0.1) is 11.8 Å². The molecule has 22 heavy (non-hydrogen) atoms. The smallest absolute Gasteiger partial charge is 0.251 e. The largest absolute Gasteiger partial charge is 0.352 e. The molecule has 0 saturated carbocycles. The van der Waals surface area contributed by atoms with Gasteiger partial charge in [-0.3, -0.25) is 4.79 Å². The number of likely N-dealkylation sites (tertiary alicyclic amines) is 1. The highest BCUT2D eigenvalue weighted by Gasteiger charge is 2.10. The van der Waals surface area contributed by atoms with Gasteiger partial charge < -0.3 is 10.2 Å². The summed E-state index contributed by atoms with van der Waals surface area (Å²) in [5.41, 5.74) is 0.756. The molecule has 0 bridgehead atoms. The first-order valence-corrected chi connectivity index (χ1v) is 9.30. The number of hydrogen-bond donors (Lipinski definition) is 1. The van der Waals surface area contributed by atoms with Crippen LogP contribution in [0.25, 0.3) is 0 Å². The highest BCUT2D eigenvalue weighted by molar-refractivity contribution is 7.99. The summed E-state index contributed by atoms with van der Waals surface area (Å²) in [5, 5.41) is 3.59. The van der Waals surface area contributed by atoms with E-state index < -0.39 is 0 Å². The Labute approximate surface area is 138 Å². The number of amides is 1. The van der Waals surface area contributed by atoms with Gasteiger partial charge in [0.05, 0.1) is 0 Å². The highest BCUT2D eigenvalue weighted by atomic mass is 32.2. The quantitative estimate of drug-likeness (QED) is 0.613. The van der Waals surface area contributed by atoms with Gasteiger partial charge in [0.1, 0.15) is 0 Å². The van der Waals surface area contributed by atoms with Crippen LogP contribution in [0.1, 0.15) is 49.9 Å². The lowest BCUT2D eigenvalue weighted by Gasteiger charge is -2.26. The highest BCUT2D eigenvalue weighted by Crippen LogP contribution is 2.22. The summed E-state index contributed by atoms with van der Waals surface area (Å²) in [6.45, 7) is 8.66. The second-order valence-corrected chi connectivity index (χ2v) is 7.85. The van der Waals surface area contributed by atoms with Crippen molar-refractivity contribution in [2.45, 2.75) is 49.7 Å². The van der Waals surface area contributed by atoms with Crippen LogP contribution in [-0.2, 0) is 0 Å². The summed E-state index contributed by atoms with van der Waals surface area (Å²) in [4.78, 5) is 15.8. The van der Waals surface area contributed by atoms with Gasteiger partial charge in [-0.1, -0.05) is 20.3 Å². The standard InChI is InChI=1S/C18H28N2OS/c1-15(2)22-17-9-7-16(8-10-17)18(21)19-11-6-14-20-12-4-3-5-13-20/h7-10,15H,3-6,11-14H2,1-2H3,(H,19,21). The average Bonchev–Trinajstić information content (AvgIpc) is 2.52. The number of rotatable bonds is 7. The first kappa shape index (κ1) is 17.4. The second kappa shape index (κ2) is 9.21. The molecule has 1 aromatic rings. The minimum absolute atomic E-state index is 0.0414. The van der Waals surface area contributed by atoms with E-state index in [0.29, 0.717) is 5.25 Å². The molecule has 0 unspecified atom stereocenters. The lowest BCUT2D eigenvalue weighted by molar-refractivity contribution is 0.0951. The fraction of sp³-hybridized carbons (Fsp3) is 0.611. The van der Waals surface area contributed by atoms with E-state index in [1.807, 2.05) is 36.0 Å². The molecular weight excluding hydrogens is 292 g/mol. The number of thioether (sulfide) groups is 1. The molecule has 122 valence electrons. The minimum atomic E-state index is 0.0414. The second-order valence-electron chi connectivity index (χ2n) is 6.20. The molecule has 1 N–H and O–H groups in total. The summed E-state index contributed by atoms with van der Waals surface area (Å²) in [7, 11) is 0. The molecule has 0 spiro atoms. The predicted octanol–water partition coefficient (Wildman–Crippen LogP) is 3.79. The predicted molar refractivity (Wildman–Crippen MR) is 94.7 cm³/mol. The zero-order chi connectivity index (χ0) is 15.8. The van der Waals surface area contributed by atoms with Crippen LogP contribution in [0.4, 0.5) is 0 Å². The molecule has 3 nitrogen and oxygen atoms in total. The molecule has 1 amide bonds. The van der Waals surface area contributed by atoms with E-state index in [1.54, 1.807) is 0 Å². The van der Waals surface area contributed by atoms with Crippen LogP contribution >= 0.6 is 11.8 Å². The van der Waals surface area contributed by atoms with Crippen LogP contribution in [0.3, 0.4) is 0 Å². The normalized spacial score (nSPS) is 16.0. The fourth-order valence-corrected chi connectivity index (χ4v) is 3.58. The van der Waals surface area contributed by atoms with E-state index in [0.717, 1.165) is 25.1 Å². The van der Waals surface area contributed by atoms with Crippen molar-refractivity contribution < 1.29 is 4.79 Å². The van der Waals surface area contributed by atoms with E-state index in [-0.39, 0.29) is 5.91 Å². The molecule has 1 saturated heterocycles. The molecule has 1 fully saturated rings. The summed E-state index contributed by atoms with van der Waals surface area (Å²) in [6, 6.07) is 7.91. The van der Waals surface area contributed by atoms with E-state index in [9.17, 15) is 4.79 Å². The van der Waals surface area contributed by atoms with Crippen molar-refractivity contribution in [2.24, 2.45) is 0 Å². The maximum atomic E-state index is 12.1. The Morgan fingerprint density at radius 3 is 2.50 bits per heavy atom. The fourth-order valence-electron chi connectivity index (χ4n) is 2.75. The third-order valence-corrected chi connectivity index (χ3v) is 4.89. The Morgan fingerprint density at radius 2 is 1.86 bits per heavy atom. The van der Waals surface area contributed by atoms with Crippen LogP contribution in [0.15, 0.2) is 29.2 Å². The molecule has 0 radical (unpaired) electrons. The Morgan fingerprint density at radius 1 is 1.18 bits per heavy atom. The molecule has 0 aromatic heterocycles. The van der Waals surface area contributed by atoms with Crippen LogP contribution < -0.4 is 5.32 Å². The number of nitrogens with zero attached hydrogens (tertiary/aromatic N) is 1. The van der Waals surface area contributed by atoms with Crippen molar-refractivity contribution in [3.63, 3.8) is 0 Å². The number of nitrogens with one attached hydrogen (secondary N) is 1. The molecule has 0 aliphatic carbocycles. The molecule has 4 heteroatoms. The summed E-state index contributed by atoms with van der Waals surface area (Å²) < 4.78 is 0. The third kappa shape index (κ3) is 6.01. The lowest BCUT2D eigenvalue weighted by atomic mass is 10.1. The zero-order valence-electron chi connectivity index (χ0n) is 13.8. The number of piperidine rings is 1. The van der Waals surface area contributed by atoms with Gasteiger partial charge in [-0.2, -0.15) is 0 Å². The number of benzene rings is 1. The van der Waals surface area contributed by atoms with Gasteiger partial charge in [0.2, 0.25) is 0 Å². The molecule has 1 aliphatic rings. The molecule has 1 aliphatic heterocycles. The Bertz CT molecular complexity index is 453. The maximum Gasteiger partial charge on any atom is 0.251 e. The number of carbonyl (C=O) groups is 1. The van der Waals surface area contributed by atoms with Crippen molar-refractivity contribution >= 4 is 17.7 Å². The van der Waals surface area contributed by atoms with Crippen molar-refractivity contribution in [3.8, 4) is 0 Å². The summed E-state index contributed by atoms with van der Waals surface area (Å²) in [6.07, 6.45) is 5.06. The minimum Gasteiger partial charge on any atom is -0.352 e. The molecule has 2 rings (SSSR count). The molecule has 1 heterocycles. The maximum absolute atomic E-state index is 12.1. The van der Waals surface area contributed by atoms with Gasteiger partial charge in [0.15, 0.2) is 0 Å². The monoisotopic (exact) mass is 320 g/mol. The van der Waals surface area contributed by atoms with Crippen LogP contribution in [-0.4, -0.2) is 42.2 Å². The lowest BCUT2D eigenvalue weighted by Crippen LogP contribution is -2.33. The van der Waals surface area contributed by atoms with Gasteiger partial charge in [0.25, 0.3) is 5.91 Å². The first-order valence-electron chi connectivity index (χ1n) is 8.42. The Balaban J connectivity index is 1.68. The van der Waals surface area contributed by atoms with Gasteiger partial charge in [-0.25, -0.2) is 0 Å². The zero-order valence-corrected chi connectivity index (χ0v) is 14.6. The van der Waals surface area contributed by atoms with E-state index >= 15 is 0 Å².